The van der Waals surface area contributed by atoms with E-state index in [1.807, 2.05) is 0 Å². The molecule has 2 aliphatic carbocycles. The number of fused-ring (bicyclic) bond motifs is 4. The van der Waals surface area contributed by atoms with E-state index in [-0.39, 0.29) is 23.7 Å². The summed E-state index contributed by atoms with van der Waals surface area (Å²) in [5, 5.41) is 3.07. The number of halogens is 1. The number of anilines is 2. The van der Waals surface area contributed by atoms with E-state index in [0.717, 1.165) is 22.4 Å². The second-order valence-corrected chi connectivity index (χ2v) is 9.04. The lowest BCUT2D eigenvalue weighted by Crippen LogP contribution is -2.47. The fourth-order valence-corrected chi connectivity index (χ4v) is 5.34. The predicted molar refractivity (Wildman–Crippen MR) is 122 cm³/mol. The third-order valence-corrected chi connectivity index (χ3v) is 7.17. The average Bonchev–Trinajstić information content (AvgIpc) is 3.14. The highest BCUT2D eigenvalue weighted by atomic mass is 19.1. The maximum atomic E-state index is 14.5. The largest absolute Gasteiger partial charge is 0.421 e. The van der Waals surface area contributed by atoms with Crippen LogP contribution < -0.4 is 26.4 Å². The molecule has 1 saturated carbocycles. The summed E-state index contributed by atoms with van der Waals surface area (Å²) in [6, 6.07) is 3.13. The number of rotatable bonds is 5. The van der Waals surface area contributed by atoms with Crippen LogP contribution in [0.4, 0.5) is 15.9 Å². The Morgan fingerprint density at radius 1 is 1.24 bits per heavy atom. The van der Waals surface area contributed by atoms with Crippen molar-refractivity contribution in [2.24, 2.45) is 23.3 Å². The summed E-state index contributed by atoms with van der Waals surface area (Å²) < 4.78 is 20.4. The topological polar surface area (TPSA) is 145 Å². The summed E-state index contributed by atoms with van der Waals surface area (Å²) in [5.41, 5.74) is 14.7. The molecule has 0 bridgehead atoms. The van der Waals surface area contributed by atoms with Gasteiger partial charge < -0.3 is 26.4 Å². The lowest BCUT2D eigenvalue weighted by molar-refractivity contribution is -0.120. The van der Waals surface area contributed by atoms with Crippen LogP contribution in [-0.4, -0.2) is 51.5 Å². The van der Waals surface area contributed by atoms with Crippen LogP contribution >= 0.6 is 0 Å². The van der Waals surface area contributed by atoms with Gasteiger partial charge in [0.15, 0.2) is 5.75 Å². The van der Waals surface area contributed by atoms with Crippen molar-refractivity contribution in [1.82, 2.24) is 19.9 Å². The Balaban J connectivity index is 1.43. The van der Waals surface area contributed by atoms with E-state index in [4.69, 9.17) is 21.2 Å². The van der Waals surface area contributed by atoms with E-state index in [1.54, 1.807) is 26.4 Å². The van der Waals surface area contributed by atoms with Crippen molar-refractivity contribution in [3.05, 3.63) is 47.4 Å². The van der Waals surface area contributed by atoms with Crippen LogP contribution in [0, 0.1) is 24.6 Å². The number of primary amides is 1. The van der Waals surface area contributed by atoms with Gasteiger partial charge in [0.1, 0.15) is 23.0 Å². The Morgan fingerprint density at radius 3 is 2.59 bits per heavy atom. The number of piperidine rings is 1. The number of hydrogen-bond acceptors (Lipinski definition) is 9. The molecule has 3 aliphatic rings. The van der Waals surface area contributed by atoms with Crippen molar-refractivity contribution in [3.63, 3.8) is 0 Å². The van der Waals surface area contributed by atoms with Gasteiger partial charge in [-0.1, -0.05) is 0 Å². The summed E-state index contributed by atoms with van der Waals surface area (Å²) in [4.78, 5) is 31.6. The van der Waals surface area contributed by atoms with Crippen LogP contribution in [0.1, 0.15) is 17.1 Å². The Morgan fingerprint density at radius 2 is 1.94 bits per heavy atom. The first-order valence-corrected chi connectivity index (χ1v) is 11.0. The number of nitrogens with two attached hydrogens (primary N) is 2. The highest BCUT2D eigenvalue weighted by Gasteiger charge is 2.70. The van der Waals surface area contributed by atoms with Gasteiger partial charge in [0.2, 0.25) is 5.91 Å². The number of aryl methyl sites for hydroxylation is 1. The van der Waals surface area contributed by atoms with Gasteiger partial charge in [-0.05, 0) is 30.2 Å². The summed E-state index contributed by atoms with van der Waals surface area (Å²) in [7, 11) is 1.76. The van der Waals surface area contributed by atoms with E-state index >= 15 is 0 Å². The van der Waals surface area contributed by atoms with E-state index in [2.05, 4.69) is 25.2 Å². The molecule has 1 aliphatic heterocycles. The van der Waals surface area contributed by atoms with Gasteiger partial charge in [0.05, 0.1) is 18.1 Å². The normalized spacial score (nSPS) is 23.8. The molecule has 6 rings (SSSR count). The van der Waals surface area contributed by atoms with Gasteiger partial charge in [-0.25, -0.2) is 14.4 Å². The molecule has 1 unspecified atom stereocenters. The molecule has 0 radical (unpaired) electrons. The molecule has 10 nitrogen and oxygen atoms in total. The van der Waals surface area contributed by atoms with Crippen LogP contribution in [0.15, 0.2) is 24.5 Å². The van der Waals surface area contributed by atoms with Crippen LogP contribution in [-0.2, 0) is 11.2 Å². The third-order valence-electron chi connectivity index (χ3n) is 7.17. The van der Waals surface area contributed by atoms with E-state index in [0.29, 0.717) is 42.6 Å². The minimum absolute atomic E-state index is 0.0493. The van der Waals surface area contributed by atoms with E-state index in [9.17, 15) is 9.18 Å². The van der Waals surface area contributed by atoms with E-state index < -0.39 is 11.4 Å². The highest BCUT2D eigenvalue weighted by molar-refractivity contribution is 5.91. The first-order chi connectivity index (χ1) is 16.3. The van der Waals surface area contributed by atoms with Crippen molar-refractivity contribution in [2.45, 2.75) is 18.9 Å². The van der Waals surface area contributed by atoms with Crippen molar-refractivity contribution in [2.75, 3.05) is 30.4 Å². The van der Waals surface area contributed by atoms with Crippen molar-refractivity contribution >= 4 is 17.4 Å². The molecular weight excluding hydrogens is 439 g/mol. The van der Waals surface area contributed by atoms with Crippen molar-refractivity contribution < 1.29 is 13.9 Å². The quantitative estimate of drug-likeness (QED) is 0.400. The van der Waals surface area contributed by atoms with Crippen LogP contribution in [0.3, 0.4) is 0 Å². The van der Waals surface area contributed by atoms with Gasteiger partial charge in [0.25, 0.3) is 0 Å². The predicted octanol–water partition coefficient (Wildman–Crippen LogP) is 1.37. The fourth-order valence-electron chi connectivity index (χ4n) is 5.34. The van der Waals surface area contributed by atoms with Gasteiger partial charge >= 0.3 is 6.01 Å². The first-order valence-electron chi connectivity index (χ1n) is 11.0. The zero-order valence-corrected chi connectivity index (χ0v) is 18.7. The zero-order chi connectivity index (χ0) is 23.8. The number of aromatic nitrogens is 4. The Labute approximate surface area is 194 Å². The number of amides is 1. The first kappa shape index (κ1) is 20.7. The van der Waals surface area contributed by atoms with Crippen LogP contribution in [0.25, 0.3) is 11.1 Å². The Kier molecular flexibility index (Phi) is 4.31. The van der Waals surface area contributed by atoms with E-state index in [1.165, 1.54) is 12.1 Å². The Hall–Kier alpha value is -3.86. The molecule has 5 N–H and O–H groups in total. The second kappa shape index (κ2) is 7.07. The maximum absolute atomic E-state index is 14.5. The summed E-state index contributed by atoms with van der Waals surface area (Å²) >= 11 is 0. The lowest BCUT2D eigenvalue weighted by atomic mass is 10.0. The zero-order valence-electron chi connectivity index (χ0n) is 18.7. The monoisotopic (exact) mass is 462 g/mol. The second-order valence-electron chi connectivity index (χ2n) is 9.04. The van der Waals surface area contributed by atoms with Gasteiger partial charge in [0, 0.05) is 49.6 Å². The number of carbonyl (C=O) groups is 1. The van der Waals surface area contributed by atoms with Gasteiger partial charge in [-0.15, -0.1) is 0 Å². The molecule has 2 fully saturated rings. The number of nitrogens with zero attached hydrogens (tertiary/aromatic N) is 5. The number of benzene rings is 1. The third kappa shape index (κ3) is 2.93. The molecule has 174 valence electrons. The molecule has 1 saturated heterocycles. The van der Waals surface area contributed by atoms with Crippen molar-refractivity contribution in [1.29, 1.82) is 0 Å². The lowest BCUT2D eigenvalue weighted by Gasteiger charge is -2.26. The molecule has 11 heteroatoms. The SMILES string of the molecule is CNc1cc(F)cc2c1Cc1nc(Oc3cnc(C)nc3)nc(N3C[C@@H]4[C@H](C3)C4(N)C(N)=O)c1-2. The standard InChI is InChI=1S/C23H23FN8O2/c1-10-28-6-12(7-29-10)34-22-30-18-5-13-14(3-11(24)4-17(13)27-2)19(18)20(31-22)32-8-15-16(9-32)23(15,26)21(25)33/h3-4,6-7,15-16,27H,5,8-9,26H2,1-2H3,(H2,25,33)/t15-,16+,23?. The molecule has 1 aromatic carbocycles. The number of nitrogens with one attached hydrogen (secondary N) is 1. The molecule has 1 amide bonds. The molecule has 3 heterocycles. The Bertz CT molecular complexity index is 1330. The average molecular weight is 462 g/mol. The summed E-state index contributed by atoms with van der Waals surface area (Å²) in [6.07, 6.45) is 3.62. The summed E-state index contributed by atoms with van der Waals surface area (Å²) in [6.45, 7) is 2.82. The molecule has 3 aromatic rings. The molecule has 2 aromatic heterocycles. The molecular formula is C23H23FN8O2. The summed E-state index contributed by atoms with van der Waals surface area (Å²) in [5.74, 6) is 0.725. The molecule has 0 spiro atoms. The minimum atomic E-state index is -0.978. The smallest absolute Gasteiger partial charge is 0.324 e. The van der Waals surface area contributed by atoms with Gasteiger partial charge in [-0.2, -0.15) is 9.97 Å². The minimum Gasteiger partial charge on any atom is -0.421 e. The van der Waals surface area contributed by atoms with Crippen LogP contribution in [0.2, 0.25) is 0 Å². The number of hydrogen-bond donors (Lipinski definition) is 3. The van der Waals surface area contributed by atoms with Crippen LogP contribution in [0.5, 0.6) is 11.8 Å². The van der Waals surface area contributed by atoms with Crippen molar-refractivity contribution in [3.8, 4) is 22.9 Å². The molecule has 34 heavy (non-hydrogen) atoms. The number of carbonyl (C=O) groups excluding carboxylic acids is 1. The van der Waals surface area contributed by atoms with Gasteiger partial charge in [-0.3, -0.25) is 4.79 Å². The highest BCUT2D eigenvalue weighted by Crippen LogP contribution is 2.55. The molecule has 3 atom stereocenters. The fraction of sp³-hybridized carbons (Fsp3) is 0.348. The number of ether oxygens (including phenoxy) is 1. The maximum Gasteiger partial charge on any atom is 0.324 e.